The average Bonchev–Trinajstić information content (AvgIpc) is 2.54. The predicted octanol–water partition coefficient (Wildman–Crippen LogP) is 4.49. The van der Waals surface area contributed by atoms with Crippen LogP contribution in [0.5, 0.6) is 11.5 Å². The molecule has 3 heteroatoms. The van der Waals surface area contributed by atoms with Gasteiger partial charge < -0.3 is 14.8 Å². The summed E-state index contributed by atoms with van der Waals surface area (Å²) in [7, 11) is 1.68. The first kappa shape index (κ1) is 15.2. The molecule has 0 spiro atoms. The topological polar surface area (TPSA) is 30.5 Å². The van der Waals surface area contributed by atoms with Gasteiger partial charge in [-0.3, -0.25) is 0 Å². The molecule has 0 heterocycles. The maximum Gasteiger partial charge on any atom is 0.141 e. The summed E-state index contributed by atoms with van der Waals surface area (Å²) in [5.41, 5.74) is 2.19. The molecule has 0 aliphatic rings. The average molecular weight is 285 g/mol. The number of unbranched alkanes of at least 4 members (excludes halogenated alkanes) is 1. The van der Waals surface area contributed by atoms with Gasteiger partial charge in [0.1, 0.15) is 11.5 Å². The highest BCUT2D eigenvalue weighted by Gasteiger charge is 2.02. The van der Waals surface area contributed by atoms with E-state index < -0.39 is 0 Å². The molecule has 2 aromatic rings. The Hall–Kier alpha value is -2.16. The maximum absolute atomic E-state index is 5.73. The van der Waals surface area contributed by atoms with Gasteiger partial charge >= 0.3 is 0 Å². The highest BCUT2D eigenvalue weighted by molar-refractivity contribution is 5.56. The van der Waals surface area contributed by atoms with Crippen molar-refractivity contribution >= 4 is 5.69 Å². The Balaban J connectivity index is 1.95. The van der Waals surface area contributed by atoms with Gasteiger partial charge in [-0.1, -0.05) is 37.6 Å². The molecule has 112 valence electrons. The Kier molecular flexibility index (Phi) is 5.95. The van der Waals surface area contributed by atoms with Crippen LogP contribution in [-0.2, 0) is 6.54 Å². The van der Waals surface area contributed by atoms with E-state index >= 15 is 0 Å². The first-order valence-electron chi connectivity index (χ1n) is 7.42. The van der Waals surface area contributed by atoms with Crippen LogP contribution in [-0.4, -0.2) is 13.7 Å². The van der Waals surface area contributed by atoms with Gasteiger partial charge in [0, 0.05) is 6.54 Å². The van der Waals surface area contributed by atoms with E-state index in [1.165, 1.54) is 5.56 Å². The van der Waals surface area contributed by atoms with Crippen molar-refractivity contribution in [3.05, 3.63) is 54.1 Å². The molecule has 0 radical (unpaired) electrons. The van der Waals surface area contributed by atoms with Crippen molar-refractivity contribution < 1.29 is 9.47 Å². The molecular weight excluding hydrogens is 262 g/mol. The quantitative estimate of drug-likeness (QED) is 0.725. The second-order valence-corrected chi connectivity index (χ2v) is 4.90. The van der Waals surface area contributed by atoms with Crippen molar-refractivity contribution in [2.24, 2.45) is 0 Å². The standard InChI is InChI=1S/C18H23NO2/c1-3-4-12-21-16-9-7-8-15(13-16)14-19-17-10-5-6-11-18(17)20-2/h5-11,13,19H,3-4,12,14H2,1-2H3. The van der Waals surface area contributed by atoms with Crippen LogP contribution >= 0.6 is 0 Å². The minimum absolute atomic E-state index is 0.741. The molecule has 0 amide bonds. The summed E-state index contributed by atoms with van der Waals surface area (Å²) in [6, 6.07) is 16.1. The molecule has 0 bridgehead atoms. The van der Waals surface area contributed by atoms with Gasteiger partial charge in [-0.25, -0.2) is 0 Å². The molecule has 0 aliphatic heterocycles. The van der Waals surface area contributed by atoms with E-state index in [0.29, 0.717) is 0 Å². The zero-order valence-corrected chi connectivity index (χ0v) is 12.8. The number of ether oxygens (including phenoxy) is 2. The lowest BCUT2D eigenvalue weighted by atomic mass is 10.2. The van der Waals surface area contributed by atoms with Crippen LogP contribution in [0.4, 0.5) is 5.69 Å². The monoisotopic (exact) mass is 285 g/mol. The van der Waals surface area contributed by atoms with Crippen molar-refractivity contribution in [3.63, 3.8) is 0 Å². The second kappa shape index (κ2) is 8.20. The number of hydrogen-bond acceptors (Lipinski definition) is 3. The highest BCUT2D eigenvalue weighted by atomic mass is 16.5. The third kappa shape index (κ3) is 4.71. The lowest BCUT2D eigenvalue weighted by molar-refractivity contribution is 0.309. The Bertz CT molecular complexity index is 554. The molecule has 2 aromatic carbocycles. The fourth-order valence-electron chi connectivity index (χ4n) is 2.07. The van der Waals surface area contributed by atoms with Crippen molar-refractivity contribution in [3.8, 4) is 11.5 Å². The van der Waals surface area contributed by atoms with Crippen LogP contribution in [0.1, 0.15) is 25.3 Å². The van der Waals surface area contributed by atoms with E-state index in [9.17, 15) is 0 Å². The Morgan fingerprint density at radius 2 is 1.90 bits per heavy atom. The maximum atomic E-state index is 5.73. The minimum atomic E-state index is 0.741. The number of benzene rings is 2. The summed E-state index contributed by atoms with van der Waals surface area (Å²) < 4.78 is 11.1. The zero-order valence-electron chi connectivity index (χ0n) is 12.8. The van der Waals surface area contributed by atoms with E-state index in [4.69, 9.17) is 9.47 Å². The fourth-order valence-corrected chi connectivity index (χ4v) is 2.07. The van der Waals surface area contributed by atoms with E-state index in [-0.39, 0.29) is 0 Å². The lowest BCUT2D eigenvalue weighted by Gasteiger charge is -2.12. The molecule has 0 saturated heterocycles. The van der Waals surface area contributed by atoms with Crippen LogP contribution in [0.15, 0.2) is 48.5 Å². The van der Waals surface area contributed by atoms with E-state index in [0.717, 1.165) is 43.2 Å². The molecular formula is C18H23NO2. The number of anilines is 1. The molecule has 0 unspecified atom stereocenters. The van der Waals surface area contributed by atoms with Gasteiger partial charge in [-0.15, -0.1) is 0 Å². The molecule has 21 heavy (non-hydrogen) atoms. The molecule has 0 aliphatic carbocycles. The predicted molar refractivity (Wildman–Crippen MR) is 87.2 cm³/mol. The van der Waals surface area contributed by atoms with Crippen LogP contribution in [0.3, 0.4) is 0 Å². The summed E-state index contributed by atoms with van der Waals surface area (Å²) in [5, 5.41) is 3.39. The number of methoxy groups -OCH3 is 1. The Morgan fingerprint density at radius 1 is 1.05 bits per heavy atom. The summed E-state index contributed by atoms with van der Waals surface area (Å²) in [6.07, 6.45) is 2.23. The summed E-state index contributed by atoms with van der Waals surface area (Å²) in [6.45, 7) is 3.68. The number of nitrogens with one attached hydrogen (secondary N) is 1. The number of rotatable bonds is 8. The van der Waals surface area contributed by atoms with Crippen LogP contribution in [0, 0.1) is 0 Å². The first-order valence-corrected chi connectivity index (χ1v) is 7.42. The molecule has 0 aromatic heterocycles. The minimum Gasteiger partial charge on any atom is -0.495 e. The van der Waals surface area contributed by atoms with Crippen molar-refractivity contribution in [1.82, 2.24) is 0 Å². The molecule has 2 rings (SSSR count). The Labute approximate surface area is 126 Å². The van der Waals surface area contributed by atoms with Gasteiger partial charge in [0.2, 0.25) is 0 Å². The normalized spacial score (nSPS) is 10.2. The zero-order chi connectivity index (χ0) is 14.9. The SMILES string of the molecule is CCCCOc1cccc(CNc2ccccc2OC)c1. The third-order valence-corrected chi connectivity index (χ3v) is 3.26. The van der Waals surface area contributed by atoms with Crippen molar-refractivity contribution in [1.29, 1.82) is 0 Å². The van der Waals surface area contributed by atoms with Crippen LogP contribution in [0.25, 0.3) is 0 Å². The van der Waals surface area contributed by atoms with Crippen LogP contribution < -0.4 is 14.8 Å². The summed E-state index contributed by atoms with van der Waals surface area (Å²) >= 11 is 0. The van der Waals surface area contributed by atoms with Gasteiger partial charge in [-0.05, 0) is 36.2 Å². The van der Waals surface area contributed by atoms with Gasteiger partial charge in [0.15, 0.2) is 0 Å². The highest BCUT2D eigenvalue weighted by Crippen LogP contribution is 2.24. The van der Waals surface area contributed by atoms with Gasteiger partial charge in [0.05, 0.1) is 19.4 Å². The number of para-hydroxylation sites is 2. The molecule has 0 saturated carbocycles. The molecule has 1 N–H and O–H groups in total. The largest absolute Gasteiger partial charge is 0.495 e. The van der Waals surface area contributed by atoms with Crippen molar-refractivity contribution in [2.75, 3.05) is 19.0 Å². The van der Waals surface area contributed by atoms with E-state index in [1.54, 1.807) is 7.11 Å². The smallest absolute Gasteiger partial charge is 0.141 e. The van der Waals surface area contributed by atoms with Gasteiger partial charge in [-0.2, -0.15) is 0 Å². The molecule has 0 atom stereocenters. The second-order valence-electron chi connectivity index (χ2n) is 4.90. The van der Waals surface area contributed by atoms with Crippen LogP contribution in [0.2, 0.25) is 0 Å². The van der Waals surface area contributed by atoms with Crippen molar-refractivity contribution in [2.45, 2.75) is 26.3 Å². The lowest BCUT2D eigenvalue weighted by Crippen LogP contribution is -2.02. The van der Waals surface area contributed by atoms with E-state index in [2.05, 4.69) is 24.4 Å². The third-order valence-electron chi connectivity index (χ3n) is 3.26. The first-order chi connectivity index (χ1) is 10.3. The van der Waals surface area contributed by atoms with Gasteiger partial charge in [0.25, 0.3) is 0 Å². The summed E-state index contributed by atoms with van der Waals surface area (Å²) in [4.78, 5) is 0. The molecule has 3 nitrogen and oxygen atoms in total. The number of hydrogen-bond donors (Lipinski definition) is 1. The summed E-state index contributed by atoms with van der Waals surface area (Å²) in [5.74, 6) is 1.79. The Morgan fingerprint density at radius 3 is 2.71 bits per heavy atom. The fraction of sp³-hybridized carbons (Fsp3) is 0.333. The van der Waals surface area contributed by atoms with E-state index in [1.807, 2.05) is 36.4 Å². The molecule has 0 fully saturated rings.